The Morgan fingerprint density at radius 3 is 2.63 bits per heavy atom. The average molecular weight is 280 g/mol. The molecule has 1 aromatic heterocycles. The SMILES string of the molecule is CCC1NC(c2cccs2)N(C(CC)C(C)C)C1=O. The Morgan fingerprint density at radius 2 is 2.16 bits per heavy atom. The predicted molar refractivity (Wildman–Crippen MR) is 80.0 cm³/mol. The van der Waals surface area contributed by atoms with Crippen molar-refractivity contribution in [3.05, 3.63) is 22.4 Å². The number of nitrogens with one attached hydrogen (secondary N) is 1. The molecule has 3 unspecified atom stereocenters. The largest absolute Gasteiger partial charge is 0.317 e. The van der Waals surface area contributed by atoms with Crippen LogP contribution in [0.1, 0.15) is 51.6 Å². The molecule has 2 heterocycles. The lowest BCUT2D eigenvalue weighted by Gasteiger charge is -2.34. The third-order valence-corrected chi connectivity index (χ3v) is 4.88. The van der Waals surface area contributed by atoms with Gasteiger partial charge in [-0.25, -0.2) is 0 Å². The van der Waals surface area contributed by atoms with E-state index in [0.717, 1.165) is 12.8 Å². The second-order valence-corrected chi connectivity index (χ2v) is 6.49. The Labute approximate surface area is 120 Å². The van der Waals surface area contributed by atoms with E-state index >= 15 is 0 Å². The summed E-state index contributed by atoms with van der Waals surface area (Å²) in [5.41, 5.74) is 0. The van der Waals surface area contributed by atoms with Gasteiger partial charge in [0.25, 0.3) is 0 Å². The zero-order valence-electron chi connectivity index (χ0n) is 12.2. The molecular formula is C15H24N2OS. The highest BCUT2D eigenvalue weighted by atomic mass is 32.1. The van der Waals surface area contributed by atoms with Gasteiger partial charge in [0.2, 0.25) is 5.91 Å². The number of carbonyl (C=O) groups is 1. The molecule has 1 N–H and O–H groups in total. The van der Waals surface area contributed by atoms with Crippen LogP contribution >= 0.6 is 11.3 Å². The van der Waals surface area contributed by atoms with Gasteiger partial charge in [-0.1, -0.05) is 33.8 Å². The second kappa shape index (κ2) is 6.06. The van der Waals surface area contributed by atoms with Gasteiger partial charge < -0.3 is 4.90 Å². The molecule has 1 saturated heterocycles. The molecular weight excluding hydrogens is 256 g/mol. The van der Waals surface area contributed by atoms with Crippen LogP contribution in [0.3, 0.4) is 0 Å². The molecule has 1 aliphatic rings. The summed E-state index contributed by atoms with van der Waals surface area (Å²) in [4.78, 5) is 15.9. The van der Waals surface area contributed by atoms with Crippen molar-refractivity contribution in [2.24, 2.45) is 5.92 Å². The molecule has 0 radical (unpaired) electrons. The standard InChI is InChI=1S/C15H24N2OS/c1-5-11-15(18)17(12(6-2)10(3)4)14(16-11)13-8-7-9-19-13/h7-12,14,16H,5-6H2,1-4H3. The molecule has 19 heavy (non-hydrogen) atoms. The van der Waals surface area contributed by atoms with E-state index in [1.165, 1.54) is 4.88 Å². The van der Waals surface area contributed by atoms with Gasteiger partial charge in [-0.15, -0.1) is 11.3 Å². The van der Waals surface area contributed by atoms with Gasteiger partial charge in [0.05, 0.1) is 6.04 Å². The van der Waals surface area contributed by atoms with Crippen LogP contribution in [0.15, 0.2) is 17.5 Å². The number of carbonyl (C=O) groups excluding carboxylic acids is 1. The van der Waals surface area contributed by atoms with Crippen LogP contribution in [0.2, 0.25) is 0 Å². The highest BCUT2D eigenvalue weighted by Crippen LogP contribution is 2.33. The van der Waals surface area contributed by atoms with Crippen LogP contribution in [0, 0.1) is 5.92 Å². The number of hydrogen-bond acceptors (Lipinski definition) is 3. The summed E-state index contributed by atoms with van der Waals surface area (Å²) >= 11 is 1.72. The molecule has 1 fully saturated rings. The van der Waals surface area contributed by atoms with Crippen LogP contribution in [-0.4, -0.2) is 22.9 Å². The highest BCUT2D eigenvalue weighted by molar-refractivity contribution is 7.10. The topological polar surface area (TPSA) is 32.3 Å². The highest BCUT2D eigenvalue weighted by Gasteiger charge is 2.42. The van der Waals surface area contributed by atoms with Crippen LogP contribution in [0.25, 0.3) is 0 Å². The fraction of sp³-hybridized carbons (Fsp3) is 0.667. The lowest BCUT2D eigenvalue weighted by molar-refractivity contribution is -0.133. The van der Waals surface area contributed by atoms with Crippen LogP contribution < -0.4 is 5.32 Å². The maximum absolute atomic E-state index is 12.6. The second-order valence-electron chi connectivity index (χ2n) is 5.51. The molecule has 4 heteroatoms. The molecule has 0 aromatic carbocycles. The summed E-state index contributed by atoms with van der Waals surface area (Å²) in [5, 5.41) is 5.58. The van der Waals surface area contributed by atoms with E-state index in [2.05, 4.69) is 55.4 Å². The Kier molecular flexibility index (Phi) is 4.63. The molecule has 2 rings (SSSR count). The van der Waals surface area contributed by atoms with Gasteiger partial charge in [-0.05, 0) is 30.2 Å². The van der Waals surface area contributed by atoms with E-state index < -0.39 is 0 Å². The van der Waals surface area contributed by atoms with Crippen molar-refractivity contribution in [1.29, 1.82) is 0 Å². The van der Waals surface area contributed by atoms with Crippen molar-refractivity contribution in [1.82, 2.24) is 10.2 Å². The maximum Gasteiger partial charge on any atom is 0.241 e. The van der Waals surface area contributed by atoms with Crippen LogP contribution in [-0.2, 0) is 4.79 Å². The minimum atomic E-state index is -0.0279. The smallest absolute Gasteiger partial charge is 0.241 e. The van der Waals surface area contributed by atoms with Gasteiger partial charge in [0, 0.05) is 10.9 Å². The number of thiophene rings is 1. The first kappa shape index (κ1) is 14.5. The van der Waals surface area contributed by atoms with Crippen LogP contribution in [0.5, 0.6) is 0 Å². The lowest BCUT2D eigenvalue weighted by Crippen LogP contribution is -2.42. The summed E-state index contributed by atoms with van der Waals surface area (Å²) in [5.74, 6) is 0.746. The molecule has 3 nitrogen and oxygen atoms in total. The van der Waals surface area contributed by atoms with Crippen molar-refractivity contribution >= 4 is 17.2 Å². The van der Waals surface area contributed by atoms with Gasteiger partial charge in [-0.2, -0.15) is 0 Å². The summed E-state index contributed by atoms with van der Waals surface area (Å²) in [7, 11) is 0. The molecule has 1 aliphatic heterocycles. The summed E-state index contributed by atoms with van der Waals surface area (Å²) in [6, 6.07) is 4.46. The zero-order chi connectivity index (χ0) is 14.0. The number of nitrogens with zero attached hydrogens (tertiary/aromatic N) is 1. The third-order valence-electron chi connectivity index (χ3n) is 3.96. The van der Waals surface area contributed by atoms with E-state index in [9.17, 15) is 4.79 Å². The van der Waals surface area contributed by atoms with Gasteiger partial charge in [0.15, 0.2) is 0 Å². The summed E-state index contributed by atoms with van der Waals surface area (Å²) in [6.45, 7) is 8.64. The van der Waals surface area contributed by atoms with E-state index in [0.29, 0.717) is 12.0 Å². The molecule has 106 valence electrons. The molecule has 0 aliphatic carbocycles. The van der Waals surface area contributed by atoms with Crippen molar-refractivity contribution < 1.29 is 4.79 Å². The first-order valence-corrected chi connectivity index (χ1v) is 8.09. The van der Waals surface area contributed by atoms with Gasteiger partial charge in [-0.3, -0.25) is 10.1 Å². The fourth-order valence-electron chi connectivity index (χ4n) is 2.95. The molecule has 3 atom stereocenters. The Morgan fingerprint density at radius 1 is 1.42 bits per heavy atom. The molecule has 0 saturated carbocycles. The van der Waals surface area contributed by atoms with E-state index in [1.807, 2.05) is 0 Å². The lowest BCUT2D eigenvalue weighted by atomic mass is 9.99. The number of rotatable bonds is 5. The number of hydrogen-bond donors (Lipinski definition) is 1. The first-order valence-electron chi connectivity index (χ1n) is 7.21. The normalized spacial score (nSPS) is 25.3. The monoisotopic (exact) mass is 280 g/mol. The van der Waals surface area contributed by atoms with E-state index in [4.69, 9.17) is 0 Å². The summed E-state index contributed by atoms with van der Waals surface area (Å²) in [6.07, 6.45) is 1.92. The van der Waals surface area contributed by atoms with E-state index in [-0.39, 0.29) is 18.1 Å². The Hall–Kier alpha value is -0.870. The third kappa shape index (κ3) is 2.70. The van der Waals surface area contributed by atoms with Crippen molar-refractivity contribution in [3.63, 3.8) is 0 Å². The Bertz CT molecular complexity index is 416. The van der Waals surface area contributed by atoms with Crippen LogP contribution in [0.4, 0.5) is 0 Å². The fourth-order valence-corrected chi connectivity index (χ4v) is 3.73. The van der Waals surface area contributed by atoms with Crippen molar-refractivity contribution in [2.75, 3.05) is 0 Å². The molecule has 0 bridgehead atoms. The number of amides is 1. The maximum atomic E-state index is 12.6. The minimum Gasteiger partial charge on any atom is -0.317 e. The zero-order valence-corrected chi connectivity index (χ0v) is 13.0. The average Bonchev–Trinajstić information content (AvgIpc) is 2.99. The van der Waals surface area contributed by atoms with E-state index in [1.54, 1.807) is 11.3 Å². The van der Waals surface area contributed by atoms with Gasteiger partial charge >= 0.3 is 0 Å². The quantitative estimate of drug-likeness (QED) is 0.896. The first-order chi connectivity index (χ1) is 9.10. The van der Waals surface area contributed by atoms with Crippen molar-refractivity contribution in [3.8, 4) is 0 Å². The summed E-state index contributed by atoms with van der Waals surface area (Å²) < 4.78 is 0. The molecule has 0 spiro atoms. The minimum absolute atomic E-state index is 0.0279. The Balaban J connectivity index is 2.32. The van der Waals surface area contributed by atoms with Crippen molar-refractivity contribution in [2.45, 2.75) is 58.8 Å². The predicted octanol–water partition coefficient (Wildman–Crippen LogP) is 3.39. The molecule has 1 amide bonds. The van der Waals surface area contributed by atoms with Gasteiger partial charge in [0.1, 0.15) is 6.17 Å². The molecule has 1 aromatic rings.